The summed E-state index contributed by atoms with van der Waals surface area (Å²) in [6.07, 6.45) is 2.66. The first kappa shape index (κ1) is 9.07. The first-order valence-electron chi connectivity index (χ1n) is 3.95. The Morgan fingerprint density at radius 3 is 3.00 bits per heavy atom. The fourth-order valence-electron chi connectivity index (χ4n) is 1.000. The molecular weight excluding hydrogens is 152 g/mol. The lowest BCUT2D eigenvalue weighted by atomic mass is 10.1. The van der Waals surface area contributed by atoms with E-state index in [-0.39, 0.29) is 6.61 Å². The van der Waals surface area contributed by atoms with Crippen molar-refractivity contribution in [2.24, 2.45) is 0 Å². The van der Waals surface area contributed by atoms with Crippen LogP contribution in [-0.4, -0.2) is 18.8 Å². The number of aliphatic hydroxyl groups is 1. The first-order valence-corrected chi connectivity index (χ1v) is 3.95. The zero-order valence-corrected chi connectivity index (χ0v) is 7.16. The van der Waals surface area contributed by atoms with Gasteiger partial charge in [-0.1, -0.05) is 12.1 Å². The largest absolute Gasteiger partial charge is 0.497 e. The van der Waals surface area contributed by atoms with Gasteiger partial charge in [0, 0.05) is 6.61 Å². The molecule has 0 aromatic heterocycles. The molecule has 1 N–H and O–H groups in total. The van der Waals surface area contributed by atoms with Gasteiger partial charge in [-0.15, -0.1) is 0 Å². The molecule has 1 rings (SSSR count). The molecule has 0 unspecified atom stereocenters. The molecule has 0 saturated carbocycles. The van der Waals surface area contributed by atoms with Crippen LogP contribution in [-0.2, 0) is 0 Å². The van der Waals surface area contributed by atoms with E-state index in [9.17, 15) is 0 Å². The molecule has 2 nitrogen and oxygen atoms in total. The molecule has 0 aliphatic carbocycles. The number of aliphatic hydroxyl groups excluding tert-OH is 1. The highest BCUT2D eigenvalue weighted by Gasteiger charge is 1.94. The van der Waals surface area contributed by atoms with E-state index < -0.39 is 0 Å². The van der Waals surface area contributed by atoms with Gasteiger partial charge in [-0.05, 0) is 30.5 Å². The van der Waals surface area contributed by atoms with Crippen LogP contribution in [0.25, 0.3) is 0 Å². The Balaban J connectivity index is 2.60. The molecule has 65 valence electrons. The molecule has 0 aliphatic rings. The van der Waals surface area contributed by atoms with Crippen molar-refractivity contribution in [2.75, 3.05) is 13.7 Å². The van der Waals surface area contributed by atoms with Gasteiger partial charge < -0.3 is 9.84 Å². The second kappa shape index (κ2) is 4.78. The zero-order valence-electron chi connectivity index (χ0n) is 7.16. The van der Waals surface area contributed by atoms with Gasteiger partial charge in [0.15, 0.2) is 0 Å². The van der Waals surface area contributed by atoms with E-state index in [2.05, 4.69) is 0 Å². The van der Waals surface area contributed by atoms with Crippen LogP contribution in [0.5, 0.6) is 5.75 Å². The predicted octanol–water partition coefficient (Wildman–Crippen LogP) is 1.63. The highest BCUT2D eigenvalue weighted by Crippen LogP contribution is 2.14. The summed E-state index contributed by atoms with van der Waals surface area (Å²) in [5.41, 5.74) is 1.09. The van der Waals surface area contributed by atoms with Crippen LogP contribution in [0.1, 0.15) is 12.0 Å². The van der Waals surface area contributed by atoms with Crippen molar-refractivity contribution in [3.63, 3.8) is 0 Å². The van der Waals surface area contributed by atoms with E-state index in [4.69, 9.17) is 9.84 Å². The van der Waals surface area contributed by atoms with Crippen LogP contribution >= 0.6 is 0 Å². The van der Waals surface area contributed by atoms with E-state index in [1.165, 1.54) is 0 Å². The molecule has 12 heavy (non-hydrogen) atoms. The fraction of sp³-hybridized carbons (Fsp3) is 0.300. The Morgan fingerprint density at radius 1 is 1.50 bits per heavy atom. The van der Waals surface area contributed by atoms with Crippen molar-refractivity contribution in [3.8, 4) is 5.75 Å². The summed E-state index contributed by atoms with van der Waals surface area (Å²) < 4.78 is 5.05. The SMILES string of the molecule is COc1cccc([CH]CCO)c1. The quantitative estimate of drug-likeness (QED) is 0.734. The summed E-state index contributed by atoms with van der Waals surface area (Å²) in [6, 6.07) is 7.76. The maximum Gasteiger partial charge on any atom is 0.119 e. The Labute approximate surface area is 72.8 Å². The number of ether oxygens (including phenoxy) is 1. The van der Waals surface area contributed by atoms with Gasteiger partial charge in [0.2, 0.25) is 0 Å². The summed E-state index contributed by atoms with van der Waals surface area (Å²) in [5.74, 6) is 0.849. The van der Waals surface area contributed by atoms with Gasteiger partial charge >= 0.3 is 0 Å². The molecule has 0 atom stereocenters. The van der Waals surface area contributed by atoms with Gasteiger partial charge in [-0.25, -0.2) is 0 Å². The van der Waals surface area contributed by atoms with Gasteiger partial charge in [0.25, 0.3) is 0 Å². The molecule has 0 bridgehead atoms. The summed E-state index contributed by atoms with van der Waals surface area (Å²) in [7, 11) is 1.64. The van der Waals surface area contributed by atoms with Crippen LogP contribution in [0.2, 0.25) is 0 Å². The van der Waals surface area contributed by atoms with Crippen LogP contribution in [0.3, 0.4) is 0 Å². The van der Waals surface area contributed by atoms with E-state index in [1.807, 2.05) is 30.7 Å². The van der Waals surface area contributed by atoms with Crippen LogP contribution in [0.4, 0.5) is 0 Å². The minimum Gasteiger partial charge on any atom is -0.497 e. The van der Waals surface area contributed by atoms with E-state index in [1.54, 1.807) is 7.11 Å². The van der Waals surface area contributed by atoms with Crippen molar-refractivity contribution in [3.05, 3.63) is 36.2 Å². The smallest absolute Gasteiger partial charge is 0.119 e. The Hall–Kier alpha value is -1.02. The number of hydrogen-bond donors (Lipinski definition) is 1. The third-order valence-corrected chi connectivity index (χ3v) is 1.60. The van der Waals surface area contributed by atoms with E-state index >= 15 is 0 Å². The number of methoxy groups -OCH3 is 1. The van der Waals surface area contributed by atoms with Crippen molar-refractivity contribution in [1.29, 1.82) is 0 Å². The minimum atomic E-state index is 0.192. The maximum absolute atomic E-state index is 8.59. The molecule has 1 aromatic rings. The van der Waals surface area contributed by atoms with Crippen LogP contribution < -0.4 is 4.74 Å². The zero-order chi connectivity index (χ0) is 8.81. The standard InChI is InChI=1S/C10H13O2/c1-12-10-6-2-4-9(8-10)5-3-7-11/h2,4-6,8,11H,3,7H2,1H3. The molecule has 1 radical (unpaired) electrons. The lowest BCUT2D eigenvalue weighted by molar-refractivity contribution is 0.299. The first-order chi connectivity index (χ1) is 5.86. The molecule has 0 saturated heterocycles. The van der Waals surface area contributed by atoms with Crippen molar-refractivity contribution in [2.45, 2.75) is 6.42 Å². The third-order valence-electron chi connectivity index (χ3n) is 1.60. The number of hydrogen-bond acceptors (Lipinski definition) is 2. The van der Waals surface area contributed by atoms with Gasteiger partial charge in [0.05, 0.1) is 7.11 Å². The molecule has 0 heterocycles. The number of rotatable bonds is 4. The molecule has 0 spiro atoms. The number of benzene rings is 1. The highest BCUT2D eigenvalue weighted by molar-refractivity contribution is 5.32. The Morgan fingerprint density at radius 2 is 2.33 bits per heavy atom. The van der Waals surface area contributed by atoms with Crippen molar-refractivity contribution < 1.29 is 9.84 Å². The fourth-order valence-corrected chi connectivity index (χ4v) is 1.000. The van der Waals surface area contributed by atoms with Gasteiger partial charge in [-0.2, -0.15) is 0 Å². The van der Waals surface area contributed by atoms with Crippen LogP contribution in [0.15, 0.2) is 24.3 Å². The Kier molecular flexibility index (Phi) is 3.61. The predicted molar refractivity (Wildman–Crippen MR) is 48.1 cm³/mol. The average molecular weight is 165 g/mol. The summed E-state index contributed by atoms with van der Waals surface area (Å²) in [6.45, 7) is 0.192. The average Bonchev–Trinajstić information content (AvgIpc) is 2.15. The van der Waals surface area contributed by atoms with Gasteiger partial charge in [-0.3, -0.25) is 0 Å². The van der Waals surface area contributed by atoms with Gasteiger partial charge in [0.1, 0.15) is 5.75 Å². The summed E-state index contributed by atoms with van der Waals surface area (Å²) in [4.78, 5) is 0. The molecule has 1 aromatic carbocycles. The highest BCUT2D eigenvalue weighted by atomic mass is 16.5. The van der Waals surface area contributed by atoms with E-state index in [0.29, 0.717) is 6.42 Å². The molecular formula is C10H13O2. The lowest BCUT2D eigenvalue weighted by Gasteiger charge is -2.02. The Bertz CT molecular complexity index is 233. The summed E-state index contributed by atoms with van der Waals surface area (Å²) >= 11 is 0. The monoisotopic (exact) mass is 165 g/mol. The second-order valence-electron chi connectivity index (χ2n) is 2.49. The second-order valence-corrected chi connectivity index (χ2v) is 2.49. The minimum absolute atomic E-state index is 0.192. The van der Waals surface area contributed by atoms with Crippen molar-refractivity contribution >= 4 is 0 Å². The molecule has 2 heteroatoms. The van der Waals surface area contributed by atoms with E-state index in [0.717, 1.165) is 11.3 Å². The van der Waals surface area contributed by atoms with Crippen molar-refractivity contribution in [1.82, 2.24) is 0 Å². The van der Waals surface area contributed by atoms with Crippen LogP contribution in [0, 0.1) is 6.42 Å². The lowest BCUT2D eigenvalue weighted by Crippen LogP contribution is -1.88. The maximum atomic E-state index is 8.59. The normalized spacial score (nSPS) is 9.83. The topological polar surface area (TPSA) is 29.5 Å². The summed E-state index contributed by atoms with van der Waals surface area (Å²) in [5, 5.41) is 8.59. The molecule has 0 amide bonds. The third kappa shape index (κ3) is 2.55. The molecule has 0 fully saturated rings. The molecule has 0 aliphatic heterocycles.